The molecule has 2 aliphatic rings. The molecule has 2 atom stereocenters. The topological polar surface area (TPSA) is 47.3 Å². The molecule has 1 aromatic rings. The summed E-state index contributed by atoms with van der Waals surface area (Å²) in [5.74, 6) is 6.29. The molecule has 0 bridgehead atoms. The zero-order valence-corrected chi connectivity index (χ0v) is 10.9. The second-order valence-corrected chi connectivity index (χ2v) is 6.24. The second-order valence-electron chi connectivity index (χ2n) is 5.07. The zero-order chi connectivity index (χ0) is 11.7. The molecular formula is C13H20N2OS. The highest BCUT2D eigenvalue weighted by molar-refractivity contribution is 7.12. The van der Waals surface area contributed by atoms with Gasteiger partial charge in [-0.3, -0.25) is 11.3 Å². The lowest BCUT2D eigenvalue weighted by Crippen LogP contribution is -2.36. The molecule has 0 aromatic carbocycles. The van der Waals surface area contributed by atoms with Crippen molar-refractivity contribution >= 4 is 11.3 Å². The van der Waals surface area contributed by atoms with E-state index in [4.69, 9.17) is 10.6 Å². The molecule has 2 heterocycles. The third-order valence-corrected chi connectivity index (χ3v) is 5.24. The SMILES string of the molecule is NNC(c1cc2c(s1)CCC2)C1CCCOC1. The highest BCUT2D eigenvalue weighted by Gasteiger charge is 2.27. The molecule has 2 unspecified atom stereocenters. The van der Waals surface area contributed by atoms with Crippen LogP contribution in [-0.4, -0.2) is 13.2 Å². The van der Waals surface area contributed by atoms with E-state index in [1.807, 2.05) is 11.3 Å². The average molecular weight is 252 g/mol. The van der Waals surface area contributed by atoms with E-state index >= 15 is 0 Å². The Bertz CT molecular complexity index is 363. The monoisotopic (exact) mass is 252 g/mol. The van der Waals surface area contributed by atoms with Crippen LogP contribution in [0.3, 0.4) is 0 Å². The van der Waals surface area contributed by atoms with Crippen LogP contribution in [0.2, 0.25) is 0 Å². The molecule has 1 saturated heterocycles. The Morgan fingerprint density at radius 2 is 2.35 bits per heavy atom. The second kappa shape index (κ2) is 5.06. The Hall–Kier alpha value is -0.420. The number of hydrogen-bond acceptors (Lipinski definition) is 4. The van der Waals surface area contributed by atoms with E-state index < -0.39 is 0 Å². The van der Waals surface area contributed by atoms with Crippen LogP contribution >= 0.6 is 11.3 Å². The van der Waals surface area contributed by atoms with Gasteiger partial charge in [-0.1, -0.05) is 0 Å². The van der Waals surface area contributed by atoms with Gasteiger partial charge in [0.2, 0.25) is 0 Å². The Morgan fingerprint density at radius 1 is 1.41 bits per heavy atom. The molecule has 17 heavy (non-hydrogen) atoms. The van der Waals surface area contributed by atoms with Gasteiger partial charge in [0.25, 0.3) is 0 Å². The lowest BCUT2D eigenvalue weighted by Gasteiger charge is -2.29. The number of fused-ring (bicyclic) bond motifs is 1. The van der Waals surface area contributed by atoms with E-state index in [1.165, 1.54) is 30.6 Å². The minimum atomic E-state index is 0.283. The van der Waals surface area contributed by atoms with E-state index in [0.29, 0.717) is 5.92 Å². The smallest absolute Gasteiger partial charge is 0.0603 e. The fraction of sp³-hybridized carbons (Fsp3) is 0.692. The molecule has 1 aliphatic carbocycles. The van der Waals surface area contributed by atoms with Crippen LogP contribution in [0.15, 0.2) is 6.07 Å². The Balaban J connectivity index is 1.78. The number of rotatable bonds is 3. The van der Waals surface area contributed by atoms with Gasteiger partial charge in [0, 0.05) is 22.3 Å². The first-order chi connectivity index (χ1) is 8.38. The molecule has 3 rings (SSSR count). The summed E-state index contributed by atoms with van der Waals surface area (Å²) in [5, 5.41) is 0. The molecule has 4 heteroatoms. The quantitative estimate of drug-likeness (QED) is 0.640. The fourth-order valence-electron chi connectivity index (χ4n) is 2.98. The molecule has 94 valence electrons. The van der Waals surface area contributed by atoms with Gasteiger partial charge in [-0.15, -0.1) is 11.3 Å². The number of aryl methyl sites for hydroxylation is 2. The Morgan fingerprint density at radius 3 is 3.06 bits per heavy atom. The van der Waals surface area contributed by atoms with E-state index in [0.717, 1.165) is 19.6 Å². The minimum Gasteiger partial charge on any atom is -0.381 e. The maximum Gasteiger partial charge on any atom is 0.0603 e. The van der Waals surface area contributed by atoms with Gasteiger partial charge in [-0.2, -0.15) is 0 Å². The van der Waals surface area contributed by atoms with E-state index in [-0.39, 0.29) is 6.04 Å². The lowest BCUT2D eigenvalue weighted by atomic mass is 9.93. The molecule has 1 fully saturated rings. The van der Waals surface area contributed by atoms with Gasteiger partial charge in [0.15, 0.2) is 0 Å². The molecule has 3 N–H and O–H groups in total. The summed E-state index contributed by atoms with van der Waals surface area (Å²) in [7, 11) is 0. The van der Waals surface area contributed by atoms with Gasteiger partial charge in [0.1, 0.15) is 0 Å². The first-order valence-corrected chi connectivity index (χ1v) is 7.35. The van der Waals surface area contributed by atoms with Crippen LogP contribution < -0.4 is 11.3 Å². The van der Waals surface area contributed by atoms with Gasteiger partial charge >= 0.3 is 0 Å². The van der Waals surface area contributed by atoms with Crippen LogP contribution in [0, 0.1) is 5.92 Å². The standard InChI is InChI=1S/C13H20N2OS/c14-15-13(10-4-2-6-16-8-10)12-7-9-3-1-5-11(9)17-12/h7,10,13,15H,1-6,8,14H2. The van der Waals surface area contributed by atoms with E-state index in [9.17, 15) is 0 Å². The maximum atomic E-state index is 5.76. The minimum absolute atomic E-state index is 0.283. The maximum absolute atomic E-state index is 5.76. The molecule has 0 saturated carbocycles. The van der Waals surface area contributed by atoms with Crippen LogP contribution in [0.4, 0.5) is 0 Å². The van der Waals surface area contributed by atoms with Crippen molar-refractivity contribution in [2.45, 2.75) is 38.1 Å². The van der Waals surface area contributed by atoms with Crippen LogP contribution in [-0.2, 0) is 17.6 Å². The predicted octanol–water partition coefficient (Wildman–Crippen LogP) is 2.17. The van der Waals surface area contributed by atoms with Crippen molar-refractivity contribution in [3.63, 3.8) is 0 Å². The van der Waals surface area contributed by atoms with Crippen molar-refractivity contribution in [3.8, 4) is 0 Å². The van der Waals surface area contributed by atoms with E-state index in [1.54, 1.807) is 10.4 Å². The van der Waals surface area contributed by atoms with Crippen molar-refractivity contribution in [1.82, 2.24) is 5.43 Å². The molecule has 0 amide bonds. The average Bonchev–Trinajstić information content (AvgIpc) is 2.92. The van der Waals surface area contributed by atoms with E-state index in [2.05, 4.69) is 11.5 Å². The third kappa shape index (κ3) is 2.27. The number of hydrazine groups is 1. The van der Waals surface area contributed by atoms with Gasteiger partial charge in [0.05, 0.1) is 12.6 Å². The Labute approximate surface area is 106 Å². The van der Waals surface area contributed by atoms with Crippen LogP contribution in [0.1, 0.15) is 40.6 Å². The summed E-state index contributed by atoms with van der Waals surface area (Å²) in [5.41, 5.74) is 4.56. The summed E-state index contributed by atoms with van der Waals surface area (Å²) < 4.78 is 5.57. The fourth-order valence-corrected chi connectivity index (χ4v) is 4.40. The Kier molecular flexibility index (Phi) is 3.47. The van der Waals surface area contributed by atoms with Crippen molar-refractivity contribution in [3.05, 3.63) is 21.4 Å². The zero-order valence-electron chi connectivity index (χ0n) is 10.1. The summed E-state index contributed by atoms with van der Waals surface area (Å²) in [6.45, 7) is 1.76. The molecule has 1 aromatic heterocycles. The number of nitrogens with one attached hydrogen (secondary N) is 1. The number of hydrogen-bond donors (Lipinski definition) is 2. The molecular weight excluding hydrogens is 232 g/mol. The lowest BCUT2D eigenvalue weighted by molar-refractivity contribution is 0.0395. The first-order valence-electron chi connectivity index (χ1n) is 6.54. The molecule has 0 spiro atoms. The summed E-state index contributed by atoms with van der Waals surface area (Å²) >= 11 is 1.95. The highest BCUT2D eigenvalue weighted by atomic mass is 32.1. The number of nitrogens with two attached hydrogens (primary N) is 1. The van der Waals surface area contributed by atoms with Gasteiger partial charge in [-0.25, -0.2) is 0 Å². The first kappa shape index (κ1) is 11.7. The van der Waals surface area contributed by atoms with Crippen LogP contribution in [0.5, 0.6) is 0 Å². The summed E-state index contributed by atoms with van der Waals surface area (Å²) in [4.78, 5) is 2.99. The van der Waals surface area contributed by atoms with Crippen molar-refractivity contribution < 1.29 is 4.74 Å². The van der Waals surface area contributed by atoms with Crippen molar-refractivity contribution in [2.75, 3.05) is 13.2 Å². The van der Waals surface area contributed by atoms with Gasteiger partial charge in [-0.05, 0) is 43.7 Å². The van der Waals surface area contributed by atoms with Crippen molar-refractivity contribution in [1.29, 1.82) is 0 Å². The number of ether oxygens (including phenoxy) is 1. The summed E-state index contributed by atoms with van der Waals surface area (Å²) in [6.07, 6.45) is 6.23. The molecule has 1 aliphatic heterocycles. The largest absolute Gasteiger partial charge is 0.381 e. The highest BCUT2D eigenvalue weighted by Crippen LogP contribution is 2.37. The predicted molar refractivity (Wildman–Crippen MR) is 70.0 cm³/mol. The van der Waals surface area contributed by atoms with Crippen molar-refractivity contribution in [2.24, 2.45) is 11.8 Å². The van der Waals surface area contributed by atoms with Gasteiger partial charge < -0.3 is 4.74 Å². The third-order valence-electron chi connectivity index (χ3n) is 3.92. The van der Waals surface area contributed by atoms with Crippen LogP contribution in [0.25, 0.3) is 0 Å². The molecule has 0 radical (unpaired) electrons. The molecule has 3 nitrogen and oxygen atoms in total. The normalized spacial score (nSPS) is 25.8. The summed E-state index contributed by atoms with van der Waals surface area (Å²) in [6, 6.07) is 2.65. The number of thiophene rings is 1.